The third-order valence-electron chi connectivity index (χ3n) is 3.26. The number of nitrogens with zero attached hydrogens (tertiary/aromatic N) is 2. The summed E-state index contributed by atoms with van der Waals surface area (Å²) in [6.45, 7) is 1.87. The highest BCUT2D eigenvalue weighted by molar-refractivity contribution is 5.77. The molecule has 0 fully saturated rings. The lowest BCUT2D eigenvalue weighted by molar-refractivity contribution is -0.271. The third-order valence-corrected chi connectivity index (χ3v) is 3.26. The quantitative estimate of drug-likeness (QED) is 0.539. The van der Waals surface area contributed by atoms with Crippen LogP contribution >= 0.6 is 0 Å². The van der Waals surface area contributed by atoms with Crippen molar-refractivity contribution in [1.82, 2.24) is 14.9 Å². The van der Waals surface area contributed by atoms with Crippen LogP contribution in [0, 0.1) is 0 Å². The van der Waals surface area contributed by atoms with Gasteiger partial charge in [-0.1, -0.05) is 0 Å². The number of rotatable bonds is 8. The number of aromatic nitrogens is 2. The van der Waals surface area contributed by atoms with Crippen LogP contribution in [-0.4, -0.2) is 45.9 Å². The summed E-state index contributed by atoms with van der Waals surface area (Å²) < 4.78 is 45.4. The van der Waals surface area contributed by atoms with E-state index in [2.05, 4.69) is 15.0 Å². The molecule has 2 N–H and O–H groups in total. The van der Waals surface area contributed by atoms with Gasteiger partial charge in [0.25, 0.3) is 0 Å². The summed E-state index contributed by atoms with van der Waals surface area (Å²) in [5, 5.41) is 12.3. The van der Waals surface area contributed by atoms with Crippen molar-refractivity contribution in [2.75, 3.05) is 13.2 Å². The minimum absolute atomic E-state index is 0.00779. The molecule has 0 bridgehead atoms. The molecule has 136 valence electrons. The molecule has 0 aliphatic carbocycles. The molecule has 7 nitrogen and oxygen atoms in total. The average Bonchev–Trinajstić information content (AvgIpc) is 2.89. The summed E-state index contributed by atoms with van der Waals surface area (Å²) in [6, 6.07) is 0. The number of carbonyl (C=O) groups excluding carboxylic acids is 2. The maximum atomic E-state index is 13.2. The van der Waals surface area contributed by atoms with Crippen molar-refractivity contribution in [2.24, 2.45) is 7.05 Å². The van der Waals surface area contributed by atoms with E-state index in [9.17, 15) is 27.9 Å². The van der Waals surface area contributed by atoms with Gasteiger partial charge in [0.05, 0.1) is 13.0 Å². The molecule has 24 heavy (non-hydrogen) atoms. The second-order valence-corrected chi connectivity index (χ2v) is 5.16. The first-order valence-electron chi connectivity index (χ1n) is 7.31. The first kappa shape index (κ1) is 19.9. The molecule has 0 aliphatic rings. The molecule has 0 aliphatic heterocycles. The van der Waals surface area contributed by atoms with Crippen molar-refractivity contribution in [3.63, 3.8) is 0 Å². The monoisotopic (exact) mass is 351 g/mol. The molecular weight excluding hydrogens is 331 g/mol. The van der Waals surface area contributed by atoms with Gasteiger partial charge in [-0.2, -0.15) is 13.2 Å². The number of alkyl halides is 3. The molecule has 0 spiro atoms. The Balaban J connectivity index is 2.64. The van der Waals surface area contributed by atoms with Crippen LogP contribution < -0.4 is 5.32 Å². The van der Waals surface area contributed by atoms with Crippen molar-refractivity contribution < 1.29 is 32.6 Å². The molecule has 0 saturated heterocycles. The molecular formula is C14H20F3N3O4. The highest BCUT2D eigenvalue weighted by atomic mass is 19.4. The van der Waals surface area contributed by atoms with E-state index >= 15 is 0 Å². The second kappa shape index (κ2) is 8.13. The Labute approximate surface area is 136 Å². The Morgan fingerprint density at radius 1 is 1.42 bits per heavy atom. The number of imidazole rings is 1. The molecule has 0 saturated carbocycles. The molecule has 1 aromatic rings. The topological polar surface area (TPSA) is 93.4 Å². The number of aryl methyl sites for hydroxylation is 1. The van der Waals surface area contributed by atoms with E-state index in [0.29, 0.717) is 0 Å². The van der Waals surface area contributed by atoms with Crippen LogP contribution in [0.25, 0.3) is 0 Å². The second-order valence-electron chi connectivity index (χ2n) is 5.16. The number of nitrogens with one attached hydrogen (secondary N) is 1. The van der Waals surface area contributed by atoms with Crippen LogP contribution in [0.3, 0.4) is 0 Å². The number of aliphatic hydroxyl groups is 1. The number of hydrogen-bond donors (Lipinski definition) is 2. The normalized spacial score (nSPS) is 14.1. The van der Waals surface area contributed by atoms with Gasteiger partial charge in [0, 0.05) is 32.4 Å². The Morgan fingerprint density at radius 3 is 2.58 bits per heavy atom. The summed E-state index contributed by atoms with van der Waals surface area (Å²) in [6.07, 6.45) is -3.70. The summed E-state index contributed by atoms with van der Waals surface area (Å²) in [4.78, 5) is 26.4. The van der Waals surface area contributed by atoms with Gasteiger partial charge in [0.1, 0.15) is 0 Å². The van der Waals surface area contributed by atoms with Gasteiger partial charge in [0.15, 0.2) is 5.82 Å². The average molecular weight is 351 g/mol. The van der Waals surface area contributed by atoms with E-state index in [1.165, 1.54) is 13.2 Å². The van der Waals surface area contributed by atoms with Gasteiger partial charge in [-0.05, 0) is 13.3 Å². The molecule has 1 amide bonds. The molecule has 1 rings (SSSR count). The van der Waals surface area contributed by atoms with Gasteiger partial charge in [0.2, 0.25) is 11.5 Å². The van der Waals surface area contributed by atoms with Gasteiger partial charge in [-0.25, -0.2) is 4.98 Å². The number of carbonyl (C=O) groups is 2. The maximum absolute atomic E-state index is 13.2. The number of halogens is 3. The predicted octanol–water partition coefficient (Wildman–Crippen LogP) is 1.02. The fourth-order valence-corrected chi connectivity index (χ4v) is 2.06. The van der Waals surface area contributed by atoms with Gasteiger partial charge in [-0.15, -0.1) is 0 Å². The van der Waals surface area contributed by atoms with Gasteiger partial charge >= 0.3 is 12.1 Å². The fraction of sp³-hybridized carbons (Fsp3) is 0.643. The van der Waals surface area contributed by atoms with Crippen LogP contribution in [0.1, 0.15) is 32.0 Å². The Bertz CT molecular complexity index is 574. The molecule has 1 heterocycles. The summed E-state index contributed by atoms with van der Waals surface area (Å²) in [5.41, 5.74) is -3.39. The lowest BCUT2D eigenvalue weighted by Gasteiger charge is -2.29. The van der Waals surface area contributed by atoms with E-state index in [0.717, 1.165) is 10.8 Å². The smallest absolute Gasteiger partial charge is 0.425 e. The molecule has 10 heteroatoms. The van der Waals surface area contributed by atoms with Crippen molar-refractivity contribution in [3.05, 3.63) is 18.2 Å². The maximum Gasteiger partial charge on any atom is 0.425 e. The van der Waals surface area contributed by atoms with Crippen LogP contribution in [0.2, 0.25) is 0 Å². The third kappa shape index (κ3) is 4.95. The van der Waals surface area contributed by atoms with Crippen LogP contribution in [0.4, 0.5) is 13.2 Å². The van der Waals surface area contributed by atoms with Crippen molar-refractivity contribution in [3.8, 4) is 0 Å². The number of esters is 1. The molecule has 0 radical (unpaired) electrons. The van der Waals surface area contributed by atoms with E-state index in [1.54, 1.807) is 6.92 Å². The first-order valence-corrected chi connectivity index (χ1v) is 7.31. The fourth-order valence-electron chi connectivity index (χ4n) is 2.06. The first-order chi connectivity index (χ1) is 11.1. The Hall–Kier alpha value is -2.10. The molecule has 1 atom stereocenters. The van der Waals surface area contributed by atoms with Crippen molar-refractivity contribution in [2.45, 2.75) is 38.0 Å². The minimum atomic E-state index is -5.08. The largest absolute Gasteiger partial charge is 0.466 e. The van der Waals surface area contributed by atoms with Gasteiger partial charge < -0.3 is 19.7 Å². The highest BCUT2D eigenvalue weighted by Crippen LogP contribution is 2.40. The molecule has 0 aromatic carbocycles. The van der Waals surface area contributed by atoms with Crippen molar-refractivity contribution >= 4 is 11.9 Å². The summed E-state index contributed by atoms with van der Waals surface area (Å²) >= 11 is 0. The number of amides is 1. The standard InChI is InChI=1S/C14H20F3N3O4/c1-3-24-11(22)5-4-6-18-10(21)9-13(23,14(15,16)17)12-19-7-8-20(12)2/h7-8,23H,3-6,9H2,1-2H3,(H,18,21). The molecule has 1 unspecified atom stereocenters. The summed E-state index contributed by atoms with van der Waals surface area (Å²) in [5.74, 6) is -2.12. The minimum Gasteiger partial charge on any atom is -0.466 e. The van der Waals surface area contributed by atoms with E-state index in [-0.39, 0.29) is 26.0 Å². The Morgan fingerprint density at radius 2 is 2.08 bits per heavy atom. The number of ether oxygens (including phenoxy) is 1. The van der Waals surface area contributed by atoms with E-state index in [1.807, 2.05) is 0 Å². The Kier molecular flexibility index (Phi) is 6.76. The predicted molar refractivity (Wildman–Crippen MR) is 76.7 cm³/mol. The lowest BCUT2D eigenvalue weighted by atomic mass is 9.97. The summed E-state index contributed by atoms with van der Waals surface area (Å²) in [7, 11) is 1.29. The zero-order chi connectivity index (χ0) is 18.4. The lowest BCUT2D eigenvalue weighted by Crippen LogP contribution is -2.48. The van der Waals surface area contributed by atoms with E-state index in [4.69, 9.17) is 0 Å². The van der Waals surface area contributed by atoms with Gasteiger partial charge in [-0.3, -0.25) is 9.59 Å². The zero-order valence-electron chi connectivity index (χ0n) is 13.4. The van der Waals surface area contributed by atoms with Crippen molar-refractivity contribution in [1.29, 1.82) is 0 Å². The highest BCUT2D eigenvalue weighted by Gasteiger charge is 2.58. The zero-order valence-corrected chi connectivity index (χ0v) is 13.4. The van der Waals surface area contributed by atoms with Crippen LogP contribution in [0.15, 0.2) is 12.4 Å². The number of hydrogen-bond acceptors (Lipinski definition) is 5. The van der Waals surface area contributed by atoms with Crippen LogP contribution in [-0.2, 0) is 27.0 Å². The molecule has 1 aromatic heterocycles. The SMILES string of the molecule is CCOC(=O)CCCNC(=O)CC(O)(c1nccn1C)C(F)(F)F. The van der Waals surface area contributed by atoms with E-state index < -0.39 is 35.9 Å². The van der Waals surface area contributed by atoms with Crippen LogP contribution in [0.5, 0.6) is 0 Å².